The van der Waals surface area contributed by atoms with Gasteiger partial charge in [-0.3, -0.25) is 0 Å². The lowest BCUT2D eigenvalue weighted by atomic mass is 10.3. The van der Waals surface area contributed by atoms with Crippen LogP contribution in [0.2, 0.25) is 0 Å². The fourth-order valence-electron chi connectivity index (χ4n) is 1.37. The molecule has 0 saturated carbocycles. The fraction of sp³-hybridized carbons (Fsp3) is 0.0769. The highest BCUT2D eigenvalue weighted by Gasteiger charge is 1.97. The number of hydrogen-bond acceptors (Lipinski definition) is 4. The summed E-state index contributed by atoms with van der Waals surface area (Å²) in [5.41, 5.74) is 1.00. The summed E-state index contributed by atoms with van der Waals surface area (Å²) in [7, 11) is 0. The van der Waals surface area contributed by atoms with Gasteiger partial charge in [-0.15, -0.1) is 6.58 Å². The van der Waals surface area contributed by atoms with Crippen LogP contribution >= 0.6 is 0 Å². The van der Waals surface area contributed by atoms with Gasteiger partial charge in [0, 0.05) is 18.3 Å². The molecule has 0 bridgehead atoms. The van der Waals surface area contributed by atoms with E-state index in [4.69, 9.17) is 0 Å². The van der Waals surface area contributed by atoms with Crippen LogP contribution in [0.4, 0.5) is 17.3 Å². The summed E-state index contributed by atoms with van der Waals surface area (Å²) in [5.74, 6) is 1.54. The van der Waals surface area contributed by atoms with Crippen LogP contribution in [0.5, 0.6) is 0 Å². The van der Waals surface area contributed by atoms with E-state index in [1.54, 1.807) is 6.08 Å². The Morgan fingerprint density at radius 1 is 1.12 bits per heavy atom. The summed E-state index contributed by atoms with van der Waals surface area (Å²) in [6.45, 7) is 4.33. The largest absolute Gasteiger partial charge is 0.366 e. The number of para-hydroxylation sites is 1. The van der Waals surface area contributed by atoms with Gasteiger partial charge in [0.25, 0.3) is 0 Å². The van der Waals surface area contributed by atoms with E-state index in [0.29, 0.717) is 6.54 Å². The first kappa shape index (κ1) is 11.1. The van der Waals surface area contributed by atoms with Gasteiger partial charge in [-0.1, -0.05) is 24.3 Å². The van der Waals surface area contributed by atoms with Crippen LogP contribution in [0.25, 0.3) is 0 Å². The average Bonchev–Trinajstić information content (AvgIpc) is 2.38. The van der Waals surface area contributed by atoms with Crippen molar-refractivity contribution in [3.05, 3.63) is 55.4 Å². The van der Waals surface area contributed by atoms with E-state index in [2.05, 4.69) is 27.2 Å². The van der Waals surface area contributed by atoms with E-state index in [-0.39, 0.29) is 0 Å². The van der Waals surface area contributed by atoms with Crippen molar-refractivity contribution in [2.75, 3.05) is 17.2 Å². The molecule has 1 aromatic carbocycles. The maximum absolute atomic E-state index is 4.15. The van der Waals surface area contributed by atoms with Crippen molar-refractivity contribution in [3.63, 3.8) is 0 Å². The van der Waals surface area contributed by atoms with Gasteiger partial charge in [0.15, 0.2) is 0 Å². The third kappa shape index (κ3) is 3.31. The van der Waals surface area contributed by atoms with E-state index in [0.717, 1.165) is 17.3 Å². The second-order valence-electron chi connectivity index (χ2n) is 3.45. The monoisotopic (exact) mass is 226 g/mol. The first-order valence-electron chi connectivity index (χ1n) is 5.37. The number of aromatic nitrogens is 2. The van der Waals surface area contributed by atoms with Gasteiger partial charge < -0.3 is 10.6 Å². The Bertz CT molecular complexity index is 482. The van der Waals surface area contributed by atoms with Gasteiger partial charge in [-0.05, 0) is 12.1 Å². The lowest BCUT2D eigenvalue weighted by molar-refractivity contribution is 1.14. The van der Waals surface area contributed by atoms with Crippen molar-refractivity contribution < 1.29 is 0 Å². The second-order valence-corrected chi connectivity index (χ2v) is 3.45. The Balaban J connectivity index is 2.08. The minimum absolute atomic E-state index is 0.682. The molecule has 0 fully saturated rings. The molecule has 2 rings (SSSR count). The highest BCUT2D eigenvalue weighted by Crippen LogP contribution is 2.15. The number of anilines is 3. The van der Waals surface area contributed by atoms with Crippen molar-refractivity contribution in [1.29, 1.82) is 0 Å². The van der Waals surface area contributed by atoms with Gasteiger partial charge in [0.05, 0.1) is 0 Å². The molecule has 1 heterocycles. The minimum atomic E-state index is 0.682. The lowest BCUT2D eigenvalue weighted by Gasteiger charge is -2.07. The van der Waals surface area contributed by atoms with Crippen LogP contribution in [0.3, 0.4) is 0 Å². The standard InChI is InChI=1S/C13H14N4/c1-2-8-14-12-9-13(16-10-15-12)17-11-6-4-3-5-7-11/h2-7,9-10H,1,8H2,(H2,14,15,16,17). The summed E-state index contributed by atoms with van der Waals surface area (Å²) in [6.07, 6.45) is 3.31. The van der Waals surface area contributed by atoms with Gasteiger partial charge in [-0.25, -0.2) is 9.97 Å². The Hall–Kier alpha value is -2.36. The molecular formula is C13H14N4. The number of nitrogens with zero attached hydrogens (tertiary/aromatic N) is 2. The zero-order valence-corrected chi connectivity index (χ0v) is 9.43. The number of nitrogens with one attached hydrogen (secondary N) is 2. The van der Waals surface area contributed by atoms with Crippen molar-refractivity contribution >= 4 is 17.3 Å². The van der Waals surface area contributed by atoms with Crippen LogP contribution in [0.15, 0.2) is 55.4 Å². The van der Waals surface area contributed by atoms with Gasteiger partial charge in [0.1, 0.15) is 18.0 Å². The zero-order valence-electron chi connectivity index (χ0n) is 9.43. The third-order valence-electron chi connectivity index (χ3n) is 2.14. The maximum Gasteiger partial charge on any atom is 0.135 e. The Labute approximate surface area is 100 Å². The highest BCUT2D eigenvalue weighted by atomic mass is 15.1. The molecule has 2 aromatic rings. The van der Waals surface area contributed by atoms with Crippen LogP contribution in [0, 0.1) is 0 Å². The first-order chi connectivity index (χ1) is 8.38. The zero-order chi connectivity index (χ0) is 11.9. The predicted octanol–water partition coefficient (Wildman–Crippen LogP) is 2.82. The van der Waals surface area contributed by atoms with Crippen molar-refractivity contribution in [1.82, 2.24) is 9.97 Å². The van der Waals surface area contributed by atoms with Crippen molar-refractivity contribution in [3.8, 4) is 0 Å². The predicted molar refractivity (Wildman–Crippen MR) is 70.4 cm³/mol. The summed E-state index contributed by atoms with van der Waals surface area (Å²) in [6, 6.07) is 11.7. The average molecular weight is 226 g/mol. The maximum atomic E-state index is 4.15. The highest BCUT2D eigenvalue weighted by molar-refractivity contribution is 5.58. The molecule has 0 unspecified atom stereocenters. The Morgan fingerprint density at radius 2 is 1.88 bits per heavy atom. The van der Waals surface area contributed by atoms with Gasteiger partial charge >= 0.3 is 0 Å². The van der Waals surface area contributed by atoms with Gasteiger partial charge in [0.2, 0.25) is 0 Å². The Kier molecular flexibility index (Phi) is 3.70. The summed E-state index contributed by atoms with van der Waals surface area (Å²) in [5, 5.41) is 6.32. The molecule has 0 amide bonds. The topological polar surface area (TPSA) is 49.8 Å². The molecule has 0 saturated heterocycles. The summed E-state index contributed by atoms with van der Waals surface area (Å²) >= 11 is 0. The second kappa shape index (κ2) is 5.65. The third-order valence-corrected chi connectivity index (χ3v) is 2.14. The lowest BCUT2D eigenvalue weighted by Crippen LogP contribution is -2.02. The molecule has 4 nitrogen and oxygen atoms in total. The SMILES string of the molecule is C=CCNc1cc(Nc2ccccc2)ncn1. The molecule has 0 aliphatic carbocycles. The quantitative estimate of drug-likeness (QED) is 0.770. The molecule has 1 aromatic heterocycles. The van der Waals surface area contributed by atoms with Gasteiger partial charge in [-0.2, -0.15) is 0 Å². The molecule has 4 heteroatoms. The first-order valence-corrected chi connectivity index (χ1v) is 5.37. The summed E-state index contributed by atoms with van der Waals surface area (Å²) in [4.78, 5) is 8.26. The molecule has 0 aliphatic heterocycles. The number of hydrogen-bond donors (Lipinski definition) is 2. The molecule has 2 N–H and O–H groups in total. The Morgan fingerprint density at radius 3 is 2.65 bits per heavy atom. The van der Waals surface area contributed by atoms with E-state index in [1.807, 2.05) is 36.4 Å². The van der Waals surface area contributed by atoms with E-state index < -0.39 is 0 Å². The van der Waals surface area contributed by atoms with Crippen LogP contribution < -0.4 is 10.6 Å². The summed E-state index contributed by atoms with van der Waals surface area (Å²) < 4.78 is 0. The molecule has 86 valence electrons. The van der Waals surface area contributed by atoms with E-state index in [9.17, 15) is 0 Å². The van der Waals surface area contributed by atoms with Crippen molar-refractivity contribution in [2.24, 2.45) is 0 Å². The number of rotatable bonds is 5. The molecular weight excluding hydrogens is 212 g/mol. The molecule has 0 atom stereocenters. The smallest absolute Gasteiger partial charge is 0.135 e. The molecule has 0 radical (unpaired) electrons. The molecule has 0 aliphatic rings. The van der Waals surface area contributed by atoms with E-state index in [1.165, 1.54) is 6.33 Å². The van der Waals surface area contributed by atoms with Crippen LogP contribution in [0.1, 0.15) is 0 Å². The molecule has 0 spiro atoms. The minimum Gasteiger partial charge on any atom is -0.366 e. The fourth-order valence-corrected chi connectivity index (χ4v) is 1.37. The van der Waals surface area contributed by atoms with Crippen molar-refractivity contribution in [2.45, 2.75) is 0 Å². The normalized spacial score (nSPS) is 9.65. The van der Waals surface area contributed by atoms with E-state index >= 15 is 0 Å². The van der Waals surface area contributed by atoms with Crippen LogP contribution in [-0.4, -0.2) is 16.5 Å². The van der Waals surface area contributed by atoms with Crippen LogP contribution in [-0.2, 0) is 0 Å². The molecule has 17 heavy (non-hydrogen) atoms. The number of benzene rings is 1.